The van der Waals surface area contributed by atoms with Crippen molar-refractivity contribution in [2.45, 2.75) is 13.3 Å². The maximum Gasteiger partial charge on any atom is 0.223 e. The van der Waals surface area contributed by atoms with Crippen LogP contribution in [0.5, 0.6) is 5.75 Å². The van der Waals surface area contributed by atoms with Crippen LogP contribution in [0.3, 0.4) is 0 Å². The summed E-state index contributed by atoms with van der Waals surface area (Å²) in [6.07, 6.45) is 3.83. The molecule has 0 bridgehead atoms. The second kappa shape index (κ2) is 7.24. The molecule has 0 aliphatic rings. The molecule has 0 atom stereocenters. The smallest absolute Gasteiger partial charge is 0.223 e. The molecule has 156 valence electrons. The van der Waals surface area contributed by atoms with Gasteiger partial charge in [0, 0.05) is 37.7 Å². The van der Waals surface area contributed by atoms with E-state index < -0.39 is 0 Å². The zero-order chi connectivity index (χ0) is 21.5. The highest BCUT2D eigenvalue weighted by atomic mass is 16.5. The first kappa shape index (κ1) is 18.8. The van der Waals surface area contributed by atoms with Gasteiger partial charge < -0.3 is 15.0 Å². The highest BCUT2D eigenvalue weighted by molar-refractivity contribution is 5.91. The highest BCUT2D eigenvalue weighted by Crippen LogP contribution is 2.36. The van der Waals surface area contributed by atoms with E-state index in [1.165, 1.54) is 6.33 Å². The molecule has 10 heteroatoms. The molecule has 1 aromatic carbocycles. The average Bonchev–Trinajstić information content (AvgIpc) is 3.47. The van der Waals surface area contributed by atoms with Gasteiger partial charge in [0.05, 0.1) is 12.8 Å². The maximum absolute atomic E-state index is 6.24. The lowest BCUT2D eigenvalue weighted by atomic mass is 10.0. The number of aryl methyl sites for hydroxylation is 2. The quantitative estimate of drug-likeness (QED) is 0.464. The van der Waals surface area contributed by atoms with Crippen LogP contribution in [0.15, 0.2) is 47.4 Å². The second-order valence-corrected chi connectivity index (χ2v) is 7.16. The Bertz CT molecular complexity index is 1400. The van der Waals surface area contributed by atoms with Crippen molar-refractivity contribution in [1.29, 1.82) is 0 Å². The molecular formula is C21H20N8O2. The predicted molar refractivity (Wildman–Crippen MR) is 113 cm³/mol. The van der Waals surface area contributed by atoms with E-state index in [9.17, 15) is 0 Å². The number of ether oxygens (including phenoxy) is 1. The summed E-state index contributed by atoms with van der Waals surface area (Å²) in [7, 11) is 3.51. The van der Waals surface area contributed by atoms with Gasteiger partial charge in [0.2, 0.25) is 5.89 Å². The molecular weight excluding hydrogens is 396 g/mol. The van der Waals surface area contributed by atoms with E-state index in [2.05, 4.69) is 25.3 Å². The van der Waals surface area contributed by atoms with Gasteiger partial charge in [-0.15, -0.1) is 0 Å². The summed E-state index contributed by atoms with van der Waals surface area (Å²) in [5.74, 6) is 2.24. The van der Waals surface area contributed by atoms with Crippen molar-refractivity contribution in [3.05, 3.63) is 60.1 Å². The first-order chi connectivity index (χ1) is 15.0. The number of methoxy groups -OCH3 is 1. The highest BCUT2D eigenvalue weighted by Gasteiger charge is 2.19. The third-order valence-electron chi connectivity index (χ3n) is 5.08. The molecule has 0 aliphatic heterocycles. The minimum Gasteiger partial charge on any atom is -0.496 e. The minimum atomic E-state index is 0.387. The largest absolute Gasteiger partial charge is 0.496 e. The van der Waals surface area contributed by atoms with Crippen LogP contribution in [0.1, 0.15) is 17.3 Å². The van der Waals surface area contributed by atoms with Gasteiger partial charge in [0.1, 0.15) is 23.3 Å². The number of nitrogen functional groups attached to an aromatic ring is 1. The normalized spacial score (nSPS) is 11.3. The number of hydrogen-bond acceptors (Lipinski definition) is 8. The van der Waals surface area contributed by atoms with Crippen LogP contribution in [0, 0.1) is 6.92 Å². The topological polar surface area (TPSA) is 122 Å². The van der Waals surface area contributed by atoms with Gasteiger partial charge in [0.25, 0.3) is 0 Å². The molecule has 0 aliphatic carbocycles. The van der Waals surface area contributed by atoms with Gasteiger partial charge in [-0.1, -0.05) is 17.3 Å². The van der Waals surface area contributed by atoms with Crippen LogP contribution >= 0.6 is 0 Å². The van der Waals surface area contributed by atoms with Crippen LogP contribution in [0.25, 0.3) is 28.0 Å². The summed E-state index contributed by atoms with van der Waals surface area (Å²) in [5, 5.41) is 12.9. The number of anilines is 1. The monoisotopic (exact) mass is 416 g/mol. The van der Waals surface area contributed by atoms with E-state index in [1.807, 2.05) is 43.6 Å². The molecule has 2 N–H and O–H groups in total. The SMILES string of the molecule is COc1cc(-c2cc(-c3ccn(C)n3)n3ncnc(N)c23)ccc1Cc1noc(C)n1. The third-order valence-corrected chi connectivity index (χ3v) is 5.08. The standard InChI is InChI=1S/C21H20N8O2/c1-12-25-19(27-31-12)9-14-5-4-13(8-18(14)30-3)15-10-17(16-6-7-28(2)26-16)29-20(15)21(22)23-11-24-29/h4-8,10-11H,9H2,1-3H3,(H2,22,23,24). The molecule has 0 radical (unpaired) electrons. The van der Waals surface area contributed by atoms with Gasteiger partial charge in [-0.3, -0.25) is 4.68 Å². The number of rotatable bonds is 5. The van der Waals surface area contributed by atoms with E-state index in [4.69, 9.17) is 15.0 Å². The van der Waals surface area contributed by atoms with Crippen LogP contribution < -0.4 is 10.5 Å². The molecule has 10 nitrogen and oxygen atoms in total. The van der Waals surface area contributed by atoms with E-state index in [1.54, 1.807) is 23.2 Å². The number of hydrogen-bond donors (Lipinski definition) is 1. The Balaban J connectivity index is 1.63. The van der Waals surface area contributed by atoms with Crippen molar-refractivity contribution in [3.8, 4) is 28.3 Å². The first-order valence-electron chi connectivity index (χ1n) is 9.62. The Kier molecular flexibility index (Phi) is 4.39. The second-order valence-electron chi connectivity index (χ2n) is 7.16. The first-order valence-corrected chi connectivity index (χ1v) is 9.62. The Morgan fingerprint density at radius 3 is 2.77 bits per heavy atom. The van der Waals surface area contributed by atoms with E-state index in [0.29, 0.717) is 35.2 Å². The van der Waals surface area contributed by atoms with Crippen molar-refractivity contribution in [2.24, 2.45) is 7.05 Å². The van der Waals surface area contributed by atoms with Crippen LogP contribution in [0.2, 0.25) is 0 Å². The zero-order valence-electron chi connectivity index (χ0n) is 17.3. The van der Waals surface area contributed by atoms with Gasteiger partial charge in [-0.25, -0.2) is 9.50 Å². The van der Waals surface area contributed by atoms with E-state index >= 15 is 0 Å². The fourth-order valence-electron chi connectivity index (χ4n) is 3.66. The van der Waals surface area contributed by atoms with Gasteiger partial charge in [-0.2, -0.15) is 15.2 Å². The van der Waals surface area contributed by atoms with E-state index in [0.717, 1.165) is 28.1 Å². The lowest BCUT2D eigenvalue weighted by Gasteiger charge is -2.10. The molecule has 0 saturated carbocycles. The molecule has 0 unspecified atom stereocenters. The molecule has 31 heavy (non-hydrogen) atoms. The number of fused-ring (bicyclic) bond motifs is 1. The Morgan fingerprint density at radius 2 is 2.06 bits per heavy atom. The molecule has 5 rings (SSSR count). The summed E-state index contributed by atoms with van der Waals surface area (Å²) in [5.41, 5.74) is 11.3. The fraction of sp³-hybridized carbons (Fsp3) is 0.190. The number of aromatic nitrogens is 7. The summed E-state index contributed by atoms with van der Waals surface area (Å²) in [6.45, 7) is 1.76. The maximum atomic E-state index is 6.24. The predicted octanol–water partition coefficient (Wildman–Crippen LogP) is 2.67. The molecule has 4 aromatic heterocycles. The van der Waals surface area contributed by atoms with Gasteiger partial charge in [0.15, 0.2) is 11.6 Å². The number of nitrogens with zero attached hydrogens (tertiary/aromatic N) is 7. The summed E-state index contributed by atoms with van der Waals surface area (Å²) >= 11 is 0. The lowest BCUT2D eigenvalue weighted by Crippen LogP contribution is -2.01. The van der Waals surface area contributed by atoms with Crippen molar-refractivity contribution >= 4 is 11.3 Å². The molecule has 0 amide bonds. The van der Waals surface area contributed by atoms with Crippen LogP contribution in [-0.2, 0) is 13.5 Å². The van der Waals surface area contributed by atoms with Gasteiger partial charge >= 0.3 is 0 Å². The average molecular weight is 416 g/mol. The molecule has 0 fully saturated rings. The van der Waals surface area contributed by atoms with E-state index in [-0.39, 0.29) is 0 Å². The lowest BCUT2D eigenvalue weighted by molar-refractivity contribution is 0.387. The van der Waals surface area contributed by atoms with Gasteiger partial charge in [-0.05, 0) is 23.8 Å². The Labute approximate surface area is 177 Å². The van der Waals surface area contributed by atoms with Crippen molar-refractivity contribution in [2.75, 3.05) is 12.8 Å². The Morgan fingerprint density at radius 1 is 1.19 bits per heavy atom. The summed E-state index contributed by atoms with van der Waals surface area (Å²) in [6, 6.07) is 9.91. The molecule has 0 saturated heterocycles. The Hall–Kier alpha value is -4.21. The third kappa shape index (κ3) is 3.27. The van der Waals surface area contributed by atoms with Crippen LogP contribution in [0.4, 0.5) is 5.82 Å². The minimum absolute atomic E-state index is 0.387. The number of benzene rings is 1. The van der Waals surface area contributed by atoms with Crippen molar-refractivity contribution in [1.82, 2.24) is 34.5 Å². The zero-order valence-corrected chi connectivity index (χ0v) is 17.3. The summed E-state index contributed by atoms with van der Waals surface area (Å²) in [4.78, 5) is 8.46. The van der Waals surface area contributed by atoms with Crippen molar-refractivity contribution < 1.29 is 9.26 Å². The molecule has 0 spiro atoms. The summed E-state index contributed by atoms with van der Waals surface area (Å²) < 4.78 is 14.2. The van der Waals surface area contributed by atoms with Crippen LogP contribution in [-0.4, -0.2) is 41.6 Å². The number of nitrogens with two attached hydrogens (primary N) is 1. The van der Waals surface area contributed by atoms with Crippen molar-refractivity contribution in [3.63, 3.8) is 0 Å². The molecule has 5 aromatic rings. The molecule has 4 heterocycles. The fourth-order valence-corrected chi connectivity index (χ4v) is 3.66.